The van der Waals surface area contributed by atoms with E-state index in [1.807, 2.05) is 0 Å². The Kier molecular flexibility index (Phi) is 3.27. The largest absolute Gasteiger partial charge is 0.493 e. The smallest absolute Gasteiger partial charge is 0.122 e. The van der Waals surface area contributed by atoms with Gasteiger partial charge in [0.1, 0.15) is 5.75 Å². The molecule has 1 aromatic carbocycles. The molecule has 1 N–H and O–H groups in total. The van der Waals surface area contributed by atoms with Crippen molar-refractivity contribution in [3.63, 3.8) is 0 Å². The highest BCUT2D eigenvalue weighted by Gasteiger charge is 2.11. The molecule has 0 fully saturated rings. The van der Waals surface area contributed by atoms with Crippen LogP contribution in [0.1, 0.15) is 31.4 Å². The molecule has 1 aromatic rings. The SMILES string of the molecule is CC[C@H](C)NCc1ccc2c(c1)CCO2. The minimum Gasteiger partial charge on any atom is -0.493 e. The van der Waals surface area contributed by atoms with E-state index in [1.165, 1.54) is 17.5 Å². The first-order valence-electron chi connectivity index (χ1n) is 5.77. The van der Waals surface area contributed by atoms with Gasteiger partial charge >= 0.3 is 0 Å². The van der Waals surface area contributed by atoms with E-state index >= 15 is 0 Å². The third kappa shape index (κ3) is 2.51. The number of benzene rings is 1. The van der Waals surface area contributed by atoms with Crippen molar-refractivity contribution in [2.45, 2.75) is 39.3 Å². The number of hydrogen-bond donors (Lipinski definition) is 1. The van der Waals surface area contributed by atoms with Gasteiger partial charge in [0.25, 0.3) is 0 Å². The summed E-state index contributed by atoms with van der Waals surface area (Å²) in [5.41, 5.74) is 2.72. The predicted molar refractivity (Wildman–Crippen MR) is 62.2 cm³/mol. The van der Waals surface area contributed by atoms with Crippen LogP contribution in [0.4, 0.5) is 0 Å². The number of rotatable bonds is 4. The number of fused-ring (bicyclic) bond motifs is 1. The van der Waals surface area contributed by atoms with E-state index in [9.17, 15) is 0 Å². The first kappa shape index (κ1) is 10.5. The highest BCUT2D eigenvalue weighted by molar-refractivity contribution is 5.39. The molecule has 0 spiro atoms. The Bertz CT molecular complexity index is 335. The van der Waals surface area contributed by atoms with Crippen LogP contribution in [0.5, 0.6) is 5.75 Å². The van der Waals surface area contributed by atoms with E-state index in [0.29, 0.717) is 6.04 Å². The van der Waals surface area contributed by atoms with Gasteiger partial charge in [-0.3, -0.25) is 0 Å². The van der Waals surface area contributed by atoms with Gasteiger partial charge < -0.3 is 10.1 Å². The molecule has 0 saturated heterocycles. The molecule has 0 aromatic heterocycles. The third-order valence-electron chi connectivity index (χ3n) is 3.02. The van der Waals surface area contributed by atoms with Crippen LogP contribution in [0.3, 0.4) is 0 Å². The quantitative estimate of drug-likeness (QED) is 0.815. The zero-order valence-corrected chi connectivity index (χ0v) is 9.55. The molecule has 0 saturated carbocycles. The van der Waals surface area contributed by atoms with Gasteiger partial charge in [0.05, 0.1) is 6.61 Å². The highest BCUT2D eigenvalue weighted by Crippen LogP contribution is 2.25. The first-order valence-corrected chi connectivity index (χ1v) is 5.77. The van der Waals surface area contributed by atoms with E-state index in [-0.39, 0.29) is 0 Å². The van der Waals surface area contributed by atoms with E-state index < -0.39 is 0 Å². The summed E-state index contributed by atoms with van der Waals surface area (Å²) in [4.78, 5) is 0. The fourth-order valence-corrected chi connectivity index (χ4v) is 1.79. The van der Waals surface area contributed by atoms with Gasteiger partial charge in [-0.1, -0.05) is 19.1 Å². The average Bonchev–Trinajstić information content (AvgIpc) is 2.72. The van der Waals surface area contributed by atoms with Crippen molar-refractivity contribution in [1.29, 1.82) is 0 Å². The maximum Gasteiger partial charge on any atom is 0.122 e. The molecule has 82 valence electrons. The molecule has 2 nitrogen and oxygen atoms in total. The van der Waals surface area contributed by atoms with Crippen molar-refractivity contribution in [2.75, 3.05) is 6.61 Å². The zero-order valence-electron chi connectivity index (χ0n) is 9.55. The summed E-state index contributed by atoms with van der Waals surface area (Å²) in [6.07, 6.45) is 2.24. The molecule has 2 heteroatoms. The van der Waals surface area contributed by atoms with Gasteiger partial charge in [0.15, 0.2) is 0 Å². The van der Waals surface area contributed by atoms with Gasteiger partial charge in [-0.25, -0.2) is 0 Å². The van der Waals surface area contributed by atoms with Crippen LogP contribution in [0.15, 0.2) is 18.2 Å². The van der Waals surface area contributed by atoms with Crippen LogP contribution in [-0.4, -0.2) is 12.6 Å². The highest BCUT2D eigenvalue weighted by atomic mass is 16.5. The second-order valence-corrected chi connectivity index (χ2v) is 4.23. The molecular formula is C13H19NO. The Morgan fingerprint density at radius 2 is 2.33 bits per heavy atom. The van der Waals surface area contributed by atoms with Crippen LogP contribution in [0.2, 0.25) is 0 Å². The van der Waals surface area contributed by atoms with Crippen molar-refractivity contribution >= 4 is 0 Å². The Hall–Kier alpha value is -1.02. The summed E-state index contributed by atoms with van der Waals surface area (Å²) in [5, 5.41) is 3.50. The first-order chi connectivity index (χ1) is 7.29. The van der Waals surface area contributed by atoms with Gasteiger partial charge in [0, 0.05) is 19.0 Å². The molecule has 0 amide bonds. The molecule has 0 bridgehead atoms. The van der Waals surface area contributed by atoms with Gasteiger partial charge in [-0.2, -0.15) is 0 Å². The second kappa shape index (κ2) is 4.67. The topological polar surface area (TPSA) is 21.3 Å². The molecule has 15 heavy (non-hydrogen) atoms. The van der Waals surface area contributed by atoms with Crippen LogP contribution in [-0.2, 0) is 13.0 Å². The number of ether oxygens (including phenoxy) is 1. The van der Waals surface area contributed by atoms with E-state index in [1.54, 1.807) is 0 Å². The van der Waals surface area contributed by atoms with Crippen LogP contribution in [0.25, 0.3) is 0 Å². The second-order valence-electron chi connectivity index (χ2n) is 4.23. The fraction of sp³-hybridized carbons (Fsp3) is 0.538. The lowest BCUT2D eigenvalue weighted by Crippen LogP contribution is -2.24. The summed E-state index contributed by atoms with van der Waals surface area (Å²) >= 11 is 0. The van der Waals surface area contributed by atoms with Crippen LogP contribution in [0, 0.1) is 0 Å². The Balaban J connectivity index is 1.98. The van der Waals surface area contributed by atoms with Crippen molar-refractivity contribution in [2.24, 2.45) is 0 Å². The Labute approximate surface area is 91.6 Å². The molecule has 1 aliphatic rings. The molecule has 0 unspecified atom stereocenters. The molecule has 2 rings (SSSR count). The minimum atomic E-state index is 0.592. The summed E-state index contributed by atoms with van der Waals surface area (Å²) in [6, 6.07) is 7.10. The molecule has 1 aliphatic heterocycles. The molecule has 1 atom stereocenters. The van der Waals surface area contributed by atoms with Crippen molar-refractivity contribution in [1.82, 2.24) is 5.32 Å². The summed E-state index contributed by atoms with van der Waals surface area (Å²) < 4.78 is 5.48. The number of hydrogen-bond acceptors (Lipinski definition) is 2. The van der Waals surface area contributed by atoms with Crippen LogP contribution >= 0.6 is 0 Å². The zero-order chi connectivity index (χ0) is 10.7. The van der Waals surface area contributed by atoms with Crippen molar-refractivity contribution in [3.8, 4) is 5.75 Å². The summed E-state index contributed by atoms with van der Waals surface area (Å²) in [5.74, 6) is 1.07. The van der Waals surface area contributed by atoms with Gasteiger partial charge in [0.2, 0.25) is 0 Å². The summed E-state index contributed by atoms with van der Waals surface area (Å²) in [7, 11) is 0. The Morgan fingerprint density at radius 1 is 1.47 bits per heavy atom. The lowest BCUT2D eigenvalue weighted by Gasteiger charge is -2.11. The fourth-order valence-electron chi connectivity index (χ4n) is 1.79. The lowest BCUT2D eigenvalue weighted by atomic mass is 10.1. The van der Waals surface area contributed by atoms with Crippen molar-refractivity contribution < 1.29 is 4.74 Å². The van der Waals surface area contributed by atoms with E-state index in [4.69, 9.17) is 4.74 Å². The third-order valence-corrected chi connectivity index (χ3v) is 3.02. The molecule has 1 heterocycles. The lowest BCUT2D eigenvalue weighted by molar-refractivity contribution is 0.357. The maximum absolute atomic E-state index is 5.48. The normalized spacial score (nSPS) is 15.9. The van der Waals surface area contributed by atoms with E-state index in [2.05, 4.69) is 37.4 Å². The summed E-state index contributed by atoms with van der Waals surface area (Å²) in [6.45, 7) is 6.23. The van der Waals surface area contributed by atoms with Gasteiger partial charge in [-0.15, -0.1) is 0 Å². The molecular weight excluding hydrogens is 186 g/mol. The minimum absolute atomic E-state index is 0.592. The average molecular weight is 205 g/mol. The molecule has 0 aliphatic carbocycles. The standard InChI is InChI=1S/C13H19NO/c1-3-10(2)14-9-11-4-5-13-12(8-11)6-7-15-13/h4-5,8,10,14H,3,6-7,9H2,1-2H3/t10-/m0/s1. The van der Waals surface area contributed by atoms with E-state index in [0.717, 1.165) is 25.3 Å². The Morgan fingerprint density at radius 3 is 3.13 bits per heavy atom. The number of nitrogens with one attached hydrogen (secondary N) is 1. The van der Waals surface area contributed by atoms with Crippen LogP contribution < -0.4 is 10.1 Å². The van der Waals surface area contributed by atoms with Crippen molar-refractivity contribution in [3.05, 3.63) is 29.3 Å². The van der Waals surface area contributed by atoms with Gasteiger partial charge in [-0.05, 0) is 30.5 Å². The predicted octanol–water partition coefficient (Wildman–Crippen LogP) is 2.51. The monoisotopic (exact) mass is 205 g/mol. The molecule has 0 radical (unpaired) electrons. The maximum atomic E-state index is 5.48.